The highest BCUT2D eigenvalue weighted by atomic mass is 16.3. The Bertz CT molecular complexity index is 367. The summed E-state index contributed by atoms with van der Waals surface area (Å²) in [5.74, 6) is 0.593. The molecule has 1 fully saturated rings. The molecule has 0 radical (unpaired) electrons. The van der Waals surface area contributed by atoms with Crippen LogP contribution in [0.2, 0.25) is 0 Å². The highest BCUT2D eigenvalue weighted by molar-refractivity contribution is 5.45. The van der Waals surface area contributed by atoms with Crippen molar-refractivity contribution in [2.45, 2.75) is 32.3 Å². The molecule has 1 aromatic heterocycles. The Morgan fingerprint density at radius 2 is 2.33 bits per heavy atom. The van der Waals surface area contributed by atoms with Gasteiger partial charge in [0.25, 0.3) is 0 Å². The lowest BCUT2D eigenvalue weighted by atomic mass is 10.1. The highest BCUT2D eigenvalue weighted by Gasteiger charge is 2.22. The summed E-state index contributed by atoms with van der Waals surface area (Å²) in [4.78, 5) is 6.63. The number of rotatable bonds is 5. The maximum atomic E-state index is 9.69. The Morgan fingerprint density at radius 3 is 2.94 bits per heavy atom. The Balaban J connectivity index is 1.98. The van der Waals surface area contributed by atoms with E-state index in [1.165, 1.54) is 0 Å². The van der Waals surface area contributed by atoms with Gasteiger partial charge in [0.05, 0.1) is 23.7 Å². The van der Waals surface area contributed by atoms with Gasteiger partial charge in [-0.05, 0) is 37.3 Å². The van der Waals surface area contributed by atoms with Crippen molar-refractivity contribution < 1.29 is 10.2 Å². The van der Waals surface area contributed by atoms with Crippen LogP contribution in [0.25, 0.3) is 0 Å². The zero-order chi connectivity index (χ0) is 13.0. The van der Waals surface area contributed by atoms with Crippen molar-refractivity contribution in [3.8, 4) is 0 Å². The second-order valence-corrected chi connectivity index (χ2v) is 4.98. The number of aliphatic hydroxyl groups excluding tert-OH is 2. The van der Waals surface area contributed by atoms with E-state index >= 15 is 0 Å². The lowest BCUT2D eigenvalue weighted by Crippen LogP contribution is -2.20. The summed E-state index contributed by atoms with van der Waals surface area (Å²) in [6, 6.07) is 3.94. The summed E-state index contributed by atoms with van der Waals surface area (Å²) in [5.41, 5.74) is 1.86. The molecule has 1 saturated heterocycles. The monoisotopic (exact) mass is 250 g/mol. The molecule has 0 saturated carbocycles. The van der Waals surface area contributed by atoms with E-state index in [-0.39, 0.29) is 6.61 Å². The Morgan fingerprint density at radius 1 is 1.50 bits per heavy atom. The number of aromatic nitrogens is 1. The second-order valence-electron chi connectivity index (χ2n) is 4.98. The SMILES string of the molecule is CCC(O)c1ccc(N2CCC(CCO)C2)cn1. The fraction of sp³-hybridized carbons (Fsp3) is 0.643. The minimum atomic E-state index is -0.459. The average molecular weight is 250 g/mol. The maximum absolute atomic E-state index is 9.69. The predicted octanol–water partition coefficient (Wildman–Crippen LogP) is 1.73. The third kappa shape index (κ3) is 3.00. The van der Waals surface area contributed by atoms with Crippen molar-refractivity contribution in [1.29, 1.82) is 0 Å². The molecule has 4 heteroatoms. The highest BCUT2D eigenvalue weighted by Crippen LogP contribution is 2.26. The molecule has 4 nitrogen and oxygen atoms in total. The summed E-state index contributed by atoms with van der Waals surface area (Å²) in [7, 11) is 0. The van der Waals surface area contributed by atoms with Gasteiger partial charge in [-0.15, -0.1) is 0 Å². The molecule has 1 aromatic rings. The zero-order valence-electron chi connectivity index (χ0n) is 10.9. The maximum Gasteiger partial charge on any atom is 0.0957 e. The van der Waals surface area contributed by atoms with Crippen LogP contribution in [0, 0.1) is 5.92 Å². The third-order valence-corrected chi connectivity index (χ3v) is 3.69. The van der Waals surface area contributed by atoms with E-state index in [9.17, 15) is 5.11 Å². The van der Waals surface area contributed by atoms with Gasteiger partial charge in [0.15, 0.2) is 0 Å². The van der Waals surface area contributed by atoms with Crippen molar-refractivity contribution in [3.63, 3.8) is 0 Å². The molecule has 1 aliphatic heterocycles. The minimum absolute atomic E-state index is 0.276. The number of anilines is 1. The molecule has 0 amide bonds. The fourth-order valence-electron chi connectivity index (χ4n) is 2.48. The average Bonchev–Trinajstić information content (AvgIpc) is 2.87. The van der Waals surface area contributed by atoms with E-state index in [0.717, 1.165) is 37.3 Å². The van der Waals surface area contributed by atoms with Gasteiger partial charge in [-0.25, -0.2) is 0 Å². The van der Waals surface area contributed by atoms with E-state index in [1.807, 2.05) is 25.3 Å². The van der Waals surface area contributed by atoms with Crippen molar-refractivity contribution >= 4 is 5.69 Å². The topological polar surface area (TPSA) is 56.6 Å². The molecule has 2 heterocycles. The van der Waals surface area contributed by atoms with E-state index in [2.05, 4.69) is 9.88 Å². The van der Waals surface area contributed by atoms with Gasteiger partial charge < -0.3 is 15.1 Å². The molecular weight excluding hydrogens is 228 g/mol. The first-order chi connectivity index (χ1) is 8.74. The number of hydrogen-bond acceptors (Lipinski definition) is 4. The van der Waals surface area contributed by atoms with Crippen LogP contribution in [0.15, 0.2) is 18.3 Å². The predicted molar refractivity (Wildman–Crippen MR) is 71.5 cm³/mol. The number of pyridine rings is 1. The molecule has 100 valence electrons. The minimum Gasteiger partial charge on any atom is -0.396 e. The third-order valence-electron chi connectivity index (χ3n) is 3.69. The van der Waals surface area contributed by atoms with E-state index in [4.69, 9.17) is 5.11 Å². The Kier molecular flexibility index (Phi) is 4.55. The first kappa shape index (κ1) is 13.3. The first-order valence-electron chi connectivity index (χ1n) is 6.74. The van der Waals surface area contributed by atoms with E-state index < -0.39 is 6.10 Å². The van der Waals surface area contributed by atoms with Gasteiger partial charge in [-0.3, -0.25) is 4.98 Å². The lowest BCUT2D eigenvalue weighted by molar-refractivity contribution is 0.169. The lowest BCUT2D eigenvalue weighted by Gasteiger charge is -2.19. The molecule has 0 aromatic carbocycles. The molecular formula is C14H22N2O2. The number of nitrogens with zero attached hydrogens (tertiary/aromatic N) is 2. The molecule has 2 unspecified atom stereocenters. The molecule has 0 aliphatic carbocycles. The van der Waals surface area contributed by atoms with Gasteiger partial charge >= 0.3 is 0 Å². The first-order valence-corrected chi connectivity index (χ1v) is 6.74. The Labute approximate surface area is 108 Å². The molecule has 0 spiro atoms. The summed E-state index contributed by atoms with van der Waals surface area (Å²) in [6.45, 7) is 4.25. The van der Waals surface area contributed by atoms with Gasteiger partial charge in [0.2, 0.25) is 0 Å². The van der Waals surface area contributed by atoms with Crippen LogP contribution < -0.4 is 4.90 Å². The number of aliphatic hydroxyl groups is 2. The summed E-state index contributed by atoms with van der Waals surface area (Å²) in [5, 5.41) is 18.6. The molecule has 18 heavy (non-hydrogen) atoms. The van der Waals surface area contributed by atoms with Crippen LogP contribution in [0.1, 0.15) is 38.0 Å². The van der Waals surface area contributed by atoms with Crippen LogP contribution in [0.3, 0.4) is 0 Å². The van der Waals surface area contributed by atoms with Crippen LogP contribution in [0.4, 0.5) is 5.69 Å². The zero-order valence-corrected chi connectivity index (χ0v) is 10.9. The largest absolute Gasteiger partial charge is 0.396 e. The standard InChI is InChI=1S/C14H22N2O2/c1-2-14(18)13-4-3-12(9-15-13)16-7-5-11(10-16)6-8-17/h3-4,9,11,14,17-18H,2,5-8,10H2,1H3. The number of hydrogen-bond donors (Lipinski definition) is 2. The quantitative estimate of drug-likeness (QED) is 0.835. The van der Waals surface area contributed by atoms with Crippen molar-refractivity contribution in [3.05, 3.63) is 24.0 Å². The summed E-state index contributed by atoms with van der Waals surface area (Å²) < 4.78 is 0. The smallest absolute Gasteiger partial charge is 0.0957 e. The summed E-state index contributed by atoms with van der Waals surface area (Å²) >= 11 is 0. The molecule has 1 aliphatic rings. The molecule has 2 N–H and O–H groups in total. The van der Waals surface area contributed by atoms with Crippen molar-refractivity contribution in [2.24, 2.45) is 5.92 Å². The van der Waals surface area contributed by atoms with E-state index in [0.29, 0.717) is 12.3 Å². The van der Waals surface area contributed by atoms with Crippen LogP contribution in [-0.4, -0.2) is 34.9 Å². The van der Waals surface area contributed by atoms with Gasteiger partial charge in [-0.1, -0.05) is 6.92 Å². The van der Waals surface area contributed by atoms with Crippen LogP contribution >= 0.6 is 0 Å². The van der Waals surface area contributed by atoms with Gasteiger partial charge in [-0.2, -0.15) is 0 Å². The van der Waals surface area contributed by atoms with Crippen LogP contribution in [0.5, 0.6) is 0 Å². The van der Waals surface area contributed by atoms with Gasteiger partial charge in [0.1, 0.15) is 0 Å². The van der Waals surface area contributed by atoms with Crippen molar-refractivity contribution in [2.75, 3.05) is 24.6 Å². The normalized spacial score (nSPS) is 21.3. The van der Waals surface area contributed by atoms with Crippen LogP contribution in [-0.2, 0) is 0 Å². The van der Waals surface area contributed by atoms with Crippen molar-refractivity contribution in [1.82, 2.24) is 4.98 Å². The second kappa shape index (κ2) is 6.16. The summed E-state index contributed by atoms with van der Waals surface area (Å²) in [6.07, 6.45) is 4.10. The van der Waals surface area contributed by atoms with Gasteiger partial charge in [0, 0.05) is 19.7 Å². The van der Waals surface area contributed by atoms with E-state index in [1.54, 1.807) is 0 Å². The molecule has 2 atom stereocenters. The fourth-order valence-corrected chi connectivity index (χ4v) is 2.48. The molecule has 0 bridgehead atoms. The molecule has 2 rings (SSSR count). The Hall–Kier alpha value is -1.13.